The van der Waals surface area contributed by atoms with E-state index in [0.29, 0.717) is 41.7 Å². The molecule has 52 heavy (non-hydrogen) atoms. The van der Waals surface area contributed by atoms with Crippen LogP contribution in [0.25, 0.3) is 6.08 Å². The molecule has 3 aromatic rings. The van der Waals surface area contributed by atoms with Crippen molar-refractivity contribution in [3.8, 4) is 17.2 Å². The first kappa shape index (κ1) is 40.0. The molecule has 0 aliphatic heterocycles. The van der Waals surface area contributed by atoms with Crippen molar-refractivity contribution in [2.75, 3.05) is 24.7 Å². The van der Waals surface area contributed by atoms with E-state index in [1.54, 1.807) is 48.5 Å². The third kappa shape index (κ3) is 14.8. The van der Waals surface area contributed by atoms with Gasteiger partial charge >= 0.3 is 17.9 Å². The number of hydrogen-bond donors (Lipinski definition) is 2. The SMILES string of the molecule is CCCC1CCC(C(=O)Oc2ccc(OC(=O)C=Cc3ccc(OCCCCCCCCCCCOC(=O)c4cc(N)cc(N)c4)cc3)cc2)CC1. The van der Waals surface area contributed by atoms with Crippen LogP contribution >= 0.6 is 0 Å². The zero-order chi connectivity index (χ0) is 37.0. The average molecular weight is 713 g/mol. The largest absolute Gasteiger partial charge is 0.494 e. The molecule has 1 aliphatic carbocycles. The summed E-state index contributed by atoms with van der Waals surface area (Å²) in [7, 11) is 0. The fourth-order valence-electron chi connectivity index (χ4n) is 6.53. The second kappa shape index (κ2) is 22.2. The highest BCUT2D eigenvalue weighted by Gasteiger charge is 2.27. The van der Waals surface area contributed by atoms with E-state index in [9.17, 15) is 14.4 Å². The second-order valence-electron chi connectivity index (χ2n) is 13.8. The van der Waals surface area contributed by atoms with Gasteiger partial charge in [-0.15, -0.1) is 0 Å². The number of esters is 3. The van der Waals surface area contributed by atoms with E-state index in [2.05, 4.69) is 6.92 Å². The molecule has 0 bridgehead atoms. The highest BCUT2D eigenvalue weighted by atomic mass is 16.5. The summed E-state index contributed by atoms with van der Waals surface area (Å²) >= 11 is 0. The molecule has 0 heterocycles. The first-order valence-corrected chi connectivity index (χ1v) is 19.1. The van der Waals surface area contributed by atoms with Crippen molar-refractivity contribution in [2.45, 2.75) is 103 Å². The lowest BCUT2D eigenvalue weighted by Gasteiger charge is -2.26. The van der Waals surface area contributed by atoms with Gasteiger partial charge in [-0.05, 0) is 111 Å². The molecule has 9 heteroatoms. The summed E-state index contributed by atoms with van der Waals surface area (Å²) in [6, 6.07) is 18.9. The lowest BCUT2D eigenvalue weighted by atomic mass is 9.80. The lowest BCUT2D eigenvalue weighted by Crippen LogP contribution is -2.25. The van der Waals surface area contributed by atoms with Gasteiger partial charge < -0.3 is 30.4 Å². The van der Waals surface area contributed by atoms with Crippen LogP contribution in [0.15, 0.2) is 72.8 Å². The molecule has 0 spiro atoms. The highest BCUT2D eigenvalue weighted by Crippen LogP contribution is 2.32. The van der Waals surface area contributed by atoms with Gasteiger partial charge in [0, 0.05) is 17.5 Å². The van der Waals surface area contributed by atoms with E-state index in [1.165, 1.54) is 44.6 Å². The van der Waals surface area contributed by atoms with E-state index in [1.807, 2.05) is 24.3 Å². The number of ether oxygens (including phenoxy) is 4. The Morgan fingerprint density at radius 3 is 1.81 bits per heavy atom. The third-order valence-electron chi connectivity index (χ3n) is 9.43. The molecule has 0 saturated heterocycles. The predicted molar refractivity (Wildman–Crippen MR) is 206 cm³/mol. The molecular formula is C43H56N2O7. The summed E-state index contributed by atoms with van der Waals surface area (Å²) < 4.78 is 22.2. The van der Waals surface area contributed by atoms with Crippen molar-refractivity contribution in [1.82, 2.24) is 0 Å². The molecule has 1 fully saturated rings. The van der Waals surface area contributed by atoms with Gasteiger partial charge in [-0.3, -0.25) is 4.79 Å². The summed E-state index contributed by atoms with van der Waals surface area (Å²) in [5, 5.41) is 0. The Bertz CT molecular complexity index is 1540. The van der Waals surface area contributed by atoms with Gasteiger partial charge in [-0.1, -0.05) is 76.8 Å². The second-order valence-corrected chi connectivity index (χ2v) is 13.8. The first-order chi connectivity index (χ1) is 25.3. The van der Waals surface area contributed by atoms with Gasteiger partial charge in [0.25, 0.3) is 0 Å². The van der Waals surface area contributed by atoms with Crippen LogP contribution in [0.4, 0.5) is 11.4 Å². The average Bonchev–Trinajstić information content (AvgIpc) is 3.14. The quantitative estimate of drug-likeness (QED) is 0.0363. The molecule has 0 atom stereocenters. The van der Waals surface area contributed by atoms with Crippen LogP contribution in [-0.4, -0.2) is 31.1 Å². The molecule has 280 valence electrons. The van der Waals surface area contributed by atoms with E-state index in [4.69, 9.17) is 30.4 Å². The van der Waals surface area contributed by atoms with Crippen molar-refractivity contribution in [3.63, 3.8) is 0 Å². The predicted octanol–water partition coefficient (Wildman–Crippen LogP) is 9.73. The minimum absolute atomic E-state index is 0.0388. The molecule has 0 amide bonds. The van der Waals surface area contributed by atoms with Gasteiger partial charge in [0.05, 0.1) is 24.7 Å². The van der Waals surface area contributed by atoms with E-state index < -0.39 is 5.97 Å². The monoisotopic (exact) mass is 712 g/mol. The zero-order valence-corrected chi connectivity index (χ0v) is 30.7. The number of carbonyl (C=O) groups excluding carboxylic acids is 3. The molecule has 4 N–H and O–H groups in total. The number of benzene rings is 3. The van der Waals surface area contributed by atoms with Gasteiger partial charge in [0.15, 0.2) is 0 Å². The van der Waals surface area contributed by atoms with Crippen molar-refractivity contribution in [3.05, 3.63) is 83.9 Å². The van der Waals surface area contributed by atoms with Gasteiger partial charge in [-0.25, -0.2) is 9.59 Å². The Labute approximate surface area is 309 Å². The molecule has 0 radical (unpaired) electrons. The topological polar surface area (TPSA) is 140 Å². The van der Waals surface area contributed by atoms with Crippen LogP contribution in [0, 0.1) is 11.8 Å². The first-order valence-electron chi connectivity index (χ1n) is 19.1. The van der Waals surface area contributed by atoms with Crippen molar-refractivity contribution < 1.29 is 33.3 Å². The van der Waals surface area contributed by atoms with Gasteiger partial charge in [-0.2, -0.15) is 0 Å². The number of carbonyl (C=O) groups is 3. The van der Waals surface area contributed by atoms with E-state index in [-0.39, 0.29) is 17.9 Å². The Kier molecular flexibility index (Phi) is 17.1. The maximum atomic E-state index is 12.6. The van der Waals surface area contributed by atoms with Crippen LogP contribution in [-0.2, 0) is 14.3 Å². The normalized spacial score (nSPS) is 15.6. The Balaban J connectivity index is 0.992. The molecule has 1 aliphatic rings. The summed E-state index contributed by atoms with van der Waals surface area (Å²) in [5.74, 6) is 1.28. The smallest absolute Gasteiger partial charge is 0.338 e. The zero-order valence-electron chi connectivity index (χ0n) is 30.7. The molecule has 4 rings (SSSR count). The molecule has 1 saturated carbocycles. The minimum atomic E-state index is -0.492. The fraction of sp³-hybridized carbons (Fsp3) is 0.465. The number of anilines is 2. The van der Waals surface area contributed by atoms with Crippen LogP contribution in [0.2, 0.25) is 0 Å². The van der Waals surface area contributed by atoms with Crippen molar-refractivity contribution >= 4 is 35.4 Å². The summed E-state index contributed by atoms with van der Waals surface area (Å²) in [6.45, 7) is 3.28. The fourth-order valence-corrected chi connectivity index (χ4v) is 6.53. The maximum Gasteiger partial charge on any atom is 0.338 e. The summed E-state index contributed by atoms with van der Waals surface area (Å²) in [5.41, 5.74) is 13.6. The number of nitrogens with two attached hydrogens (primary N) is 2. The molecule has 9 nitrogen and oxygen atoms in total. The Morgan fingerprint density at radius 2 is 1.21 bits per heavy atom. The Hall–Kier alpha value is -4.79. The van der Waals surface area contributed by atoms with Crippen LogP contribution < -0.4 is 25.7 Å². The number of rotatable bonds is 21. The summed E-state index contributed by atoms with van der Waals surface area (Å²) in [4.78, 5) is 37.1. The molecule has 3 aromatic carbocycles. The number of hydrogen-bond acceptors (Lipinski definition) is 9. The van der Waals surface area contributed by atoms with Crippen LogP contribution in [0.5, 0.6) is 17.2 Å². The van der Waals surface area contributed by atoms with Gasteiger partial charge in [0.1, 0.15) is 17.2 Å². The minimum Gasteiger partial charge on any atom is -0.494 e. The van der Waals surface area contributed by atoms with Gasteiger partial charge in [0.2, 0.25) is 0 Å². The highest BCUT2D eigenvalue weighted by molar-refractivity contribution is 5.91. The molecular weight excluding hydrogens is 656 g/mol. The standard InChI is InChI=1S/C43H56N2O7/c1-2-12-32-13-18-34(19-14-32)43(48)52-40-24-22-39(23-25-40)51-41(46)26-17-33-15-20-38(21-16-33)49-27-10-8-6-4-3-5-7-9-11-28-50-42(47)35-29-36(44)31-37(45)30-35/h15-17,20-26,29-32,34H,2-14,18-19,27-28,44-45H2,1H3. The third-order valence-corrected chi connectivity index (χ3v) is 9.43. The van der Waals surface area contributed by atoms with E-state index >= 15 is 0 Å². The van der Waals surface area contributed by atoms with Crippen molar-refractivity contribution in [2.24, 2.45) is 11.8 Å². The Morgan fingerprint density at radius 1 is 0.673 bits per heavy atom. The lowest BCUT2D eigenvalue weighted by molar-refractivity contribution is -0.140. The van der Waals surface area contributed by atoms with Crippen LogP contribution in [0.3, 0.4) is 0 Å². The van der Waals surface area contributed by atoms with Crippen molar-refractivity contribution in [1.29, 1.82) is 0 Å². The number of unbranched alkanes of at least 4 members (excludes halogenated alkanes) is 8. The molecule has 0 aromatic heterocycles. The molecule has 0 unspecified atom stereocenters. The summed E-state index contributed by atoms with van der Waals surface area (Å²) in [6.07, 6.45) is 19.4. The maximum absolute atomic E-state index is 12.6. The number of nitrogen functional groups attached to an aromatic ring is 2. The van der Waals surface area contributed by atoms with Crippen LogP contribution in [0.1, 0.15) is 119 Å². The van der Waals surface area contributed by atoms with E-state index in [0.717, 1.165) is 75.0 Å².